The first kappa shape index (κ1) is 17.9. The number of nitrogens with two attached hydrogens (primary N) is 1. The summed E-state index contributed by atoms with van der Waals surface area (Å²) in [6.45, 7) is 4.06. The van der Waals surface area contributed by atoms with Crippen LogP contribution in [0.15, 0.2) is 54.6 Å². The first-order valence-corrected chi connectivity index (χ1v) is 9.10. The molecule has 0 spiro atoms. The molecule has 2 aromatic carbocycles. The zero-order chi connectivity index (χ0) is 18.7. The van der Waals surface area contributed by atoms with Gasteiger partial charge in [0.1, 0.15) is 5.00 Å². The van der Waals surface area contributed by atoms with Crippen LogP contribution >= 0.6 is 11.3 Å². The molecule has 132 valence electrons. The zero-order valence-electron chi connectivity index (χ0n) is 14.7. The van der Waals surface area contributed by atoms with Gasteiger partial charge in [-0.25, -0.2) is 0 Å². The Kier molecular flexibility index (Phi) is 5.19. The summed E-state index contributed by atoms with van der Waals surface area (Å²) in [4.78, 5) is 25.1. The van der Waals surface area contributed by atoms with Crippen molar-refractivity contribution in [3.05, 3.63) is 76.9 Å². The van der Waals surface area contributed by atoms with Gasteiger partial charge in [-0.3, -0.25) is 9.59 Å². The number of amides is 2. The molecule has 0 aliphatic rings. The van der Waals surface area contributed by atoms with Crippen molar-refractivity contribution in [1.29, 1.82) is 0 Å². The lowest BCUT2D eigenvalue weighted by molar-refractivity contribution is -0.115. The number of hydrogen-bond donors (Lipinski definition) is 2. The summed E-state index contributed by atoms with van der Waals surface area (Å²) >= 11 is 1.35. The molecule has 0 bridgehead atoms. The van der Waals surface area contributed by atoms with Gasteiger partial charge < -0.3 is 11.1 Å². The molecular formula is C21H20N2O2S. The number of thiophene rings is 1. The number of primary amides is 1. The van der Waals surface area contributed by atoms with E-state index in [-0.39, 0.29) is 12.3 Å². The minimum atomic E-state index is -0.551. The molecular weight excluding hydrogens is 344 g/mol. The highest BCUT2D eigenvalue weighted by Gasteiger charge is 2.17. The fourth-order valence-electron chi connectivity index (χ4n) is 2.68. The maximum Gasteiger partial charge on any atom is 0.251 e. The number of anilines is 1. The van der Waals surface area contributed by atoms with E-state index in [4.69, 9.17) is 5.73 Å². The Morgan fingerprint density at radius 1 is 1.00 bits per heavy atom. The van der Waals surface area contributed by atoms with Gasteiger partial charge in [0.05, 0.1) is 12.0 Å². The number of benzene rings is 2. The molecule has 26 heavy (non-hydrogen) atoms. The summed E-state index contributed by atoms with van der Waals surface area (Å²) in [6, 6.07) is 17.4. The Bertz CT molecular complexity index is 961. The van der Waals surface area contributed by atoms with Crippen molar-refractivity contribution < 1.29 is 9.59 Å². The van der Waals surface area contributed by atoms with Crippen LogP contribution in [-0.4, -0.2) is 11.8 Å². The Morgan fingerprint density at radius 2 is 1.73 bits per heavy atom. The molecule has 1 aromatic heterocycles. The van der Waals surface area contributed by atoms with E-state index in [0.29, 0.717) is 10.6 Å². The summed E-state index contributed by atoms with van der Waals surface area (Å²) in [5, 5.41) is 3.33. The van der Waals surface area contributed by atoms with Crippen molar-refractivity contribution in [2.24, 2.45) is 5.73 Å². The molecule has 3 rings (SSSR count). The van der Waals surface area contributed by atoms with Crippen LogP contribution in [0.4, 0.5) is 5.00 Å². The number of rotatable bonds is 5. The third-order valence-corrected chi connectivity index (χ3v) is 5.34. The molecule has 0 saturated heterocycles. The molecule has 4 nitrogen and oxygen atoms in total. The van der Waals surface area contributed by atoms with Crippen molar-refractivity contribution >= 4 is 28.2 Å². The third kappa shape index (κ3) is 4.00. The minimum absolute atomic E-state index is 0.169. The Balaban J connectivity index is 1.82. The van der Waals surface area contributed by atoms with Crippen LogP contribution in [-0.2, 0) is 11.2 Å². The molecule has 0 saturated carbocycles. The van der Waals surface area contributed by atoms with Crippen molar-refractivity contribution in [3.63, 3.8) is 0 Å². The van der Waals surface area contributed by atoms with Crippen molar-refractivity contribution in [1.82, 2.24) is 0 Å². The molecule has 0 unspecified atom stereocenters. The van der Waals surface area contributed by atoms with Crippen LogP contribution in [0.3, 0.4) is 0 Å². The fourth-order valence-corrected chi connectivity index (χ4v) is 3.77. The van der Waals surface area contributed by atoms with Crippen LogP contribution in [0.2, 0.25) is 0 Å². The maximum atomic E-state index is 12.4. The van der Waals surface area contributed by atoms with Crippen LogP contribution in [0.1, 0.15) is 27.0 Å². The van der Waals surface area contributed by atoms with E-state index in [0.717, 1.165) is 21.6 Å². The summed E-state index contributed by atoms with van der Waals surface area (Å²) in [6.07, 6.45) is 0.248. The van der Waals surface area contributed by atoms with Crippen molar-refractivity contribution in [3.8, 4) is 10.4 Å². The van der Waals surface area contributed by atoms with Gasteiger partial charge in [0.25, 0.3) is 5.91 Å². The average molecular weight is 364 g/mol. The number of hydrogen-bond acceptors (Lipinski definition) is 3. The molecule has 5 heteroatoms. The molecule has 3 aromatic rings. The molecule has 1 heterocycles. The van der Waals surface area contributed by atoms with Gasteiger partial charge in [0.2, 0.25) is 5.91 Å². The topological polar surface area (TPSA) is 72.2 Å². The first-order chi connectivity index (χ1) is 12.4. The average Bonchev–Trinajstić information content (AvgIpc) is 3.03. The summed E-state index contributed by atoms with van der Waals surface area (Å²) < 4.78 is 0. The van der Waals surface area contributed by atoms with Gasteiger partial charge in [-0.2, -0.15) is 0 Å². The predicted octanol–water partition coefficient (Wildman–Crippen LogP) is 4.31. The highest BCUT2D eigenvalue weighted by atomic mass is 32.1. The minimum Gasteiger partial charge on any atom is -0.366 e. The normalized spacial score (nSPS) is 10.5. The second-order valence-electron chi connectivity index (χ2n) is 6.23. The van der Waals surface area contributed by atoms with E-state index in [2.05, 4.69) is 5.32 Å². The highest BCUT2D eigenvalue weighted by molar-refractivity contribution is 7.20. The SMILES string of the molecule is Cc1ccc(CC(=O)Nc2sc(-c3ccccc3)cc2C(N)=O)cc1C. The van der Waals surface area contributed by atoms with Crippen molar-refractivity contribution in [2.75, 3.05) is 5.32 Å². The molecule has 2 amide bonds. The van der Waals surface area contributed by atoms with Crippen LogP contribution < -0.4 is 11.1 Å². The van der Waals surface area contributed by atoms with Crippen LogP contribution in [0, 0.1) is 13.8 Å². The van der Waals surface area contributed by atoms with Crippen LogP contribution in [0.25, 0.3) is 10.4 Å². The second kappa shape index (κ2) is 7.54. The van der Waals surface area contributed by atoms with E-state index in [1.165, 1.54) is 16.9 Å². The van der Waals surface area contributed by atoms with E-state index in [1.807, 2.05) is 62.4 Å². The molecule has 0 aliphatic carbocycles. The van der Waals surface area contributed by atoms with Gasteiger partial charge in [0.15, 0.2) is 0 Å². The van der Waals surface area contributed by atoms with Gasteiger partial charge in [-0.05, 0) is 42.2 Å². The summed E-state index contributed by atoms with van der Waals surface area (Å²) in [5.74, 6) is -0.720. The second-order valence-corrected chi connectivity index (χ2v) is 7.28. The van der Waals surface area contributed by atoms with E-state index in [9.17, 15) is 9.59 Å². The number of carbonyl (C=O) groups excluding carboxylic acids is 2. The lowest BCUT2D eigenvalue weighted by atomic mass is 10.0. The van der Waals surface area contributed by atoms with Gasteiger partial charge >= 0.3 is 0 Å². The highest BCUT2D eigenvalue weighted by Crippen LogP contribution is 2.35. The lowest BCUT2D eigenvalue weighted by Gasteiger charge is -2.07. The van der Waals surface area contributed by atoms with Gasteiger partial charge in [-0.1, -0.05) is 48.5 Å². The Morgan fingerprint density at radius 3 is 2.38 bits per heavy atom. The van der Waals surface area contributed by atoms with Gasteiger partial charge in [-0.15, -0.1) is 11.3 Å². The monoisotopic (exact) mass is 364 g/mol. The van der Waals surface area contributed by atoms with E-state index < -0.39 is 5.91 Å². The molecule has 0 radical (unpaired) electrons. The quantitative estimate of drug-likeness (QED) is 0.708. The maximum absolute atomic E-state index is 12.4. The van der Waals surface area contributed by atoms with Crippen molar-refractivity contribution in [2.45, 2.75) is 20.3 Å². The van der Waals surface area contributed by atoms with E-state index in [1.54, 1.807) is 6.07 Å². The zero-order valence-corrected chi connectivity index (χ0v) is 15.5. The van der Waals surface area contributed by atoms with Crippen LogP contribution in [0.5, 0.6) is 0 Å². The standard InChI is InChI=1S/C21H20N2O2S/c1-13-8-9-15(10-14(13)2)11-19(24)23-21-17(20(22)25)12-18(26-21)16-6-4-3-5-7-16/h3-10,12H,11H2,1-2H3,(H2,22,25)(H,23,24). The number of carbonyl (C=O) groups is 2. The summed E-state index contributed by atoms with van der Waals surface area (Å²) in [7, 11) is 0. The molecule has 3 N–H and O–H groups in total. The molecule has 0 atom stereocenters. The fraction of sp³-hybridized carbons (Fsp3) is 0.143. The molecule has 0 aliphatic heterocycles. The Hall–Kier alpha value is -2.92. The Labute approximate surface area is 156 Å². The largest absolute Gasteiger partial charge is 0.366 e. The lowest BCUT2D eigenvalue weighted by Crippen LogP contribution is -2.17. The van der Waals surface area contributed by atoms with E-state index >= 15 is 0 Å². The number of aryl methyl sites for hydroxylation is 2. The first-order valence-electron chi connectivity index (χ1n) is 8.29. The predicted molar refractivity (Wildman–Crippen MR) is 107 cm³/mol. The summed E-state index contributed by atoms with van der Waals surface area (Å²) in [5.41, 5.74) is 10.1. The van der Waals surface area contributed by atoms with Gasteiger partial charge in [0, 0.05) is 4.88 Å². The third-order valence-electron chi connectivity index (χ3n) is 4.24. The number of nitrogens with one attached hydrogen (secondary N) is 1. The smallest absolute Gasteiger partial charge is 0.251 e. The molecule has 0 fully saturated rings.